The molecule has 12 amide bonds. The number of benzene rings is 1. The Morgan fingerprint density at radius 3 is 1.68 bits per heavy atom. The quantitative estimate of drug-likeness (QED) is 0.0762. The zero-order valence-electron chi connectivity index (χ0n) is 57.5. The summed E-state index contributed by atoms with van der Waals surface area (Å²) in [6.45, 7) is 12.2. The first-order valence-electron chi connectivity index (χ1n) is 32.5. The van der Waals surface area contributed by atoms with Crippen molar-refractivity contribution in [2.24, 2.45) is 23.7 Å². The number of nitrogens with one attached hydrogen (secondary N) is 4. The van der Waals surface area contributed by atoms with Crippen molar-refractivity contribution in [2.45, 2.75) is 181 Å². The molecular weight excluding hydrogens is 1170 g/mol. The van der Waals surface area contributed by atoms with E-state index in [9.17, 15) is 57.5 Å². The predicted octanol–water partition coefficient (Wildman–Crippen LogP) is 2.60. The van der Waals surface area contributed by atoms with E-state index in [-0.39, 0.29) is 74.3 Å². The number of piperidine rings is 1. The molecule has 0 radical (unpaired) electrons. The van der Waals surface area contributed by atoms with E-state index in [0.717, 1.165) is 73.8 Å². The molecule has 25 heteroatoms. The number of carbonyl (C=O) groups excluding carboxylic acids is 12. The van der Waals surface area contributed by atoms with E-state index in [2.05, 4.69) is 21.3 Å². The van der Waals surface area contributed by atoms with E-state index in [0.29, 0.717) is 19.5 Å². The van der Waals surface area contributed by atoms with Gasteiger partial charge in [-0.3, -0.25) is 57.5 Å². The van der Waals surface area contributed by atoms with Crippen LogP contribution in [-0.2, 0) is 68.7 Å². The molecular formula is C66H110N12O13. The summed E-state index contributed by atoms with van der Waals surface area (Å²) in [4.78, 5) is 178. The average Bonchev–Trinajstić information content (AvgIpc) is 1.29. The lowest BCUT2D eigenvalue weighted by molar-refractivity contribution is -0.151. The van der Waals surface area contributed by atoms with Gasteiger partial charge in [-0.25, -0.2) is 0 Å². The number of hydrogen-bond donors (Lipinski definition) is 4. The van der Waals surface area contributed by atoms with Crippen LogP contribution in [-0.4, -0.2) is 256 Å². The van der Waals surface area contributed by atoms with Gasteiger partial charge in [0, 0.05) is 89.4 Å². The largest absolute Gasteiger partial charge is 0.382 e. The van der Waals surface area contributed by atoms with Gasteiger partial charge in [-0.05, 0) is 74.7 Å². The Labute approximate surface area is 541 Å². The van der Waals surface area contributed by atoms with Crippen LogP contribution >= 0.6 is 0 Å². The van der Waals surface area contributed by atoms with Crippen LogP contribution in [0, 0.1) is 30.6 Å². The molecule has 0 spiro atoms. The Hall–Kier alpha value is -7.18. The van der Waals surface area contributed by atoms with E-state index >= 15 is 0 Å². The number of amides is 12. The van der Waals surface area contributed by atoms with Crippen molar-refractivity contribution in [3.8, 4) is 0 Å². The first-order valence-corrected chi connectivity index (χ1v) is 32.5. The van der Waals surface area contributed by atoms with Crippen LogP contribution in [0.15, 0.2) is 24.3 Å². The van der Waals surface area contributed by atoms with Crippen LogP contribution in [0.2, 0.25) is 0 Å². The van der Waals surface area contributed by atoms with Gasteiger partial charge in [0.05, 0.1) is 39.2 Å². The zero-order valence-corrected chi connectivity index (χ0v) is 57.5. The third kappa shape index (κ3) is 25.1. The molecule has 1 aromatic rings. The maximum absolute atomic E-state index is 14.8. The Morgan fingerprint density at radius 1 is 0.560 bits per heavy atom. The predicted molar refractivity (Wildman–Crippen MR) is 346 cm³/mol. The van der Waals surface area contributed by atoms with Gasteiger partial charge in [-0.2, -0.15) is 0 Å². The van der Waals surface area contributed by atoms with Gasteiger partial charge in [0.15, 0.2) is 0 Å². The zero-order chi connectivity index (χ0) is 68.4. The molecule has 4 N–H and O–H groups in total. The van der Waals surface area contributed by atoms with Crippen molar-refractivity contribution >= 4 is 70.9 Å². The van der Waals surface area contributed by atoms with Crippen LogP contribution in [0.5, 0.6) is 0 Å². The van der Waals surface area contributed by atoms with Crippen molar-refractivity contribution in [3.63, 3.8) is 0 Å². The van der Waals surface area contributed by atoms with Crippen molar-refractivity contribution in [1.29, 1.82) is 0 Å². The maximum atomic E-state index is 14.8. The lowest BCUT2D eigenvalue weighted by Gasteiger charge is -2.37. The minimum Gasteiger partial charge on any atom is -0.382 e. The Kier molecular flexibility index (Phi) is 33.1. The van der Waals surface area contributed by atoms with Gasteiger partial charge in [0.2, 0.25) is 70.9 Å². The summed E-state index contributed by atoms with van der Waals surface area (Å²) >= 11 is 0. The van der Waals surface area contributed by atoms with E-state index in [4.69, 9.17) is 4.74 Å². The molecule has 2 aliphatic rings. The average molecular weight is 1280 g/mol. The monoisotopic (exact) mass is 1280 g/mol. The summed E-state index contributed by atoms with van der Waals surface area (Å²) in [6.07, 6.45) is 8.28. The molecule has 512 valence electrons. The third-order valence-electron chi connectivity index (χ3n) is 17.6. The summed E-state index contributed by atoms with van der Waals surface area (Å²) in [5.41, 5.74) is 1.70. The fourth-order valence-electron chi connectivity index (χ4n) is 11.5. The first kappa shape index (κ1) is 78.1. The molecule has 0 aromatic heterocycles. The molecule has 91 heavy (non-hydrogen) atoms. The molecule has 3 rings (SSSR count). The molecule has 1 aliphatic heterocycles. The molecule has 0 unspecified atom stereocenters. The Bertz CT molecular complexity index is 2610. The molecule has 1 aliphatic carbocycles. The van der Waals surface area contributed by atoms with Gasteiger partial charge in [-0.1, -0.05) is 110 Å². The van der Waals surface area contributed by atoms with Gasteiger partial charge in [-0.15, -0.1) is 0 Å². The molecule has 0 bridgehead atoms. The second kappa shape index (κ2) is 38.6. The van der Waals surface area contributed by atoms with Crippen molar-refractivity contribution in [2.75, 3.05) is 109 Å². The normalized spacial score (nSPS) is 15.7. The molecule has 1 saturated heterocycles. The second-order valence-corrected chi connectivity index (χ2v) is 26.2. The highest BCUT2D eigenvalue weighted by Gasteiger charge is 2.41. The number of aryl methyl sites for hydroxylation is 1. The number of hydrogen-bond acceptors (Lipinski definition) is 13. The highest BCUT2D eigenvalue weighted by atomic mass is 16.5. The van der Waals surface area contributed by atoms with Gasteiger partial charge >= 0.3 is 0 Å². The van der Waals surface area contributed by atoms with Gasteiger partial charge < -0.3 is 65.2 Å². The number of likely N-dealkylation sites (tertiary alicyclic amines) is 1. The Balaban J connectivity index is 1.83. The molecule has 1 saturated carbocycles. The van der Waals surface area contributed by atoms with E-state index in [1.54, 1.807) is 4.90 Å². The molecule has 1 aromatic carbocycles. The summed E-state index contributed by atoms with van der Waals surface area (Å²) in [5.74, 6) is -6.54. The fourth-order valence-corrected chi connectivity index (χ4v) is 11.5. The summed E-state index contributed by atoms with van der Waals surface area (Å²) in [6, 6.07) is 0.430. The minimum absolute atomic E-state index is 0.0385. The van der Waals surface area contributed by atoms with Gasteiger partial charge in [0.25, 0.3) is 0 Å². The topological polar surface area (TPSA) is 288 Å². The SMILES string of the molecule is CC[C@H](C)CC(=O)N(C)CC(=O)N(C)CC(=O)N(C)[C@@H](Cc1ccc(C)cc1)C(=O)N(C)CC(=O)NCC(=O)N[C@@H](CC1CCCCC1)C(=O)N(C)[C@@H](COC)C(=O)N[C@H](CC(C)C)C(=O)N(C)[C@@H](CC(=O)N(C)[C@@H](CC(C)C)C(=O)NC)C(=O)N1CCCCC1. The lowest BCUT2D eigenvalue weighted by Crippen LogP contribution is -2.61. The smallest absolute Gasteiger partial charge is 0.245 e. The number of methoxy groups -OCH3 is 1. The second-order valence-electron chi connectivity index (χ2n) is 26.2. The number of rotatable bonds is 35. The van der Waals surface area contributed by atoms with E-state index in [1.165, 1.54) is 92.9 Å². The van der Waals surface area contributed by atoms with Crippen LogP contribution in [0.4, 0.5) is 0 Å². The van der Waals surface area contributed by atoms with Crippen molar-refractivity contribution < 1.29 is 62.3 Å². The highest BCUT2D eigenvalue weighted by molar-refractivity contribution is 5.98. The number of likely N-dealkylation sites (N-methyl/N-ethyl adjacent to an activating group) is 8. The lowest BCUT2D eigenvalue weighted by atomic mass is 9.84. The minimum atomic E-state index is -1.33. The van der Waals surface area contributed by atoms with Crippen LogP contribution in [0.3, 0.4) is 0 Å². The number of carbonyl (C=O) groups is 12. The van der Waals surface area contributed by atoms with Gasteiger partial charge in [0.1, 0.15) is 36.3 Å². The van der Waals surface area contributed by atoms with Crippen LogP contribution < -0.4 is 21.3 Å². The molecule has 2 fully saturated rings. The van der Waals surface area contributed by atoms with Crippen molar-refractivity contribution in [1.82, 2.24) is 60.5 Å². The van der Waals surface area contributed by atoms with Crippen LogP contribution in [0.1, 0.15) is 143 Å². The number of ether oxygens (including phenoxy) is 1. The molecule has 7 atom stereocenters. The third-order valence-corrected chi connectivity index (χ3v) is 17.6. The Morgan fingerprint density at radius 2 is 1.11 bits per heavy atom. The maximum Gasteiger partial charge on any atom is 0.245 e. The number of nitrogens with zero attached hydrogens (tertiary/aromatic N) is 8. The molecule has 1 heterocycles. The summed E-state index contributed by atoms with van der Waals surface area (Å²) in [7, 11) is 13.0. The fraction of sp³-hybridized carbons (Fsp3) is 0.727. The van der Waals surface area contributed by atoms with E-state index < -0.39 is 121 Å². The summed E-state index contributed by atoms with van der Waals surface area (Å²) in [5, 5.41) is 10.8. The van der Waals surface area contributed by atoms with Crippen molar-refractivity contribution in [3.05, 3.63) is 35.4 Å². The van der Waals surface area contributed by atoms with Crippen LogP contribution in [0.25, 0.3) is 0 Å². The first-order chi connectivity index (χ1) is 42.8. The van der Waals surface area contributed by atoms with E-state index in [1.807, 2.05) is 72.7 Å². The highest BCUT2D eigenvalue weighted by Crippen LogP contribution is 2.28. The molecule has 25 nitrogen and oxygen atoms in total. The summed E-state index contributed by atoms with van der Waals surface area (Å²) < 4.78 is 5.51. The standard InChI is InChI=1S/C66H110N12O13/c1-17-45(6)34-57(81)71(9)40-59(83)72(10)41-60(84)75(13)52(36-48-28-26-46(7)27-29-48)65(89)73(11)39-56(80)68-38-55(79)69-50(35-47-24-20-18-21-25-47)64(88)77(15)54(42-91-16)62(86)70-49(32-43(2)3)63(87)76(14)53(66(90)78-30-22-19-23-31-78)37-58(82)74(12)51(33-44(4)5)61(85)67-8/h26-29,43-45,47,49-54H,17-25,30-42H2,1-16H3,(H,67,85)(H,68,80)(H,69,79)(H,70,86)/t45-,49+,50-,51-,52-,53-,54-/m0/s1.